The maximum absolute atomic E-state index is 14.6. The van der Waals surface area contributed by atoms with Crippen molar-refractivity contribution in [2.24, 2.45) is 5.14 Å². The molecular weight excluding hydrogens is 401 g/mol. The van der Waals surface area contributed by atoms with E-state index in [2.05, 4.69) is 19.1 Å². The maximum Gasteiger partial charge on any atom is 0.333 e. The van der Waals surface area contributed by atoms with Crippen molar-refractivity contribution in [3.8, 4) is 0 Å². The minimum absolute atomic E-state index is 0.0220. The molecule has 11 heteroatoms. The van der Waals surface area contributed by atoms with Gasteiger partial charge < -0.3 is 4.74 Å². The zero-order valence-electron chi connectivity index (χ0n) is 15.4. The molecule has 154 valence electrons. The first kappa shape index (κ1) is 19.8. The molecule has 0 saturated carbocycles. The number of ether oxygens (including phenoxy) is 1. The fourth-order valence-electron chi connectivity index (χ4n) is 3.40. The first-order valence-electron chi connectivity index (χ1n) is 9.08. The molecule has 1 aromatic carbocycles. The van der Waals surface area contributed by atoms with Crippen molar-refractivity contribution in [2.75, 3.05) is 6.61 Å². The van der Waals surface area contributed by atoms with Gasteiger partial charge in [0.05, 0.1) is 24.7 Å². The summed E-state index contributed by atoms with van der Waals surface area (Å²) in [5.41, 5.74) is 2.99. The van der Waals surface area contributed by atoms with Gasteiger partial charge in [0.25, 0.3) is 0 Å². The van der Waals surface area contributed by atoms with Crippen LogP contribution in [0.5, 0.6) is 0 Å². The Morgan fingerprint density at radius 1 is 1.21 bits per heavy atom. The summed E-state index contributed by atoms with van der Waals surface area (Å²) in [5.74, 6) is 0. The van der Waals surface area contributed by atoms with Crippen molar-refractivity contribution in [1.82, 2.24) is 19.5 Å². The van der Waals surface area contributed by atoms with Crippen molar-refractivity contribution >= 4 is 21.5 Å². The Morgan fingerprint density at radius 2 is 2.00 bits per heavy atom. The van der Waals surface area contributed by atoms with Gasteiger partial charge >= 0.3 is 10.3 Å². The number of imidazole rings is 1. The van der Waals surface area contributed by atoms with Crippen LogP contribution in [-0.2, 0) is 32.1 Å². The number of hydrogen-bond acceptors (Lipinski definition) is 7. The van der Waals surface area contributed by atoms with E-state index in [4.69, 9.17) is 9.88 Å². The number of nitrogens with zero attached hydrogens (tertiary/aromatic N) is 4. The van der Waals surface area contributed by atoms with Gasteiger partial charge in [-0.1, -0.05) is 30.3 Å². The third kappa shape index (κ3) is 4.58. The lowest BCUT2D eigenvalue weighted by Gasteiger charge is -2.15. The van der Waals surface area contributed by atoms with Crippen LogP contribution in [0.4, 0.5) is 4.39 Å². The molecule has 3 aromatic rings. The fourth-order valence-corrected chi connectivity index (χ4v) is 3.74. The van der Waals surface area contributed by atoms with Crippen LogP contribution < -0.4 is 5.14 Å². The lowest BCUT2D eigenvalue weighted by atomic mass is 10.1. The number of rotatable bonds is 7. The monoisotopic (exact) mass is 421 g/mol. The normalized spacial score (nSPS) is 22.3. The molecule has 0 amide bonds. The number of aromatic nitrogens is 4. The Morgan fingerprint density at radius 3 is 2.76 bits per heavy atom. The molecule has 0 unspecified atom stereocenters. The molecule has 4 rings (SSSR count). The lowest BCUT2D eigenvalue weighted by molar-refractivity contribution is -0.0305. The van der Waals surface area contributed by atoms with E-state index >= 15 is 0 Å². The lowest BCUT2D eigenvalue weighted by Crippen LogP contribution is -2.23. The topological polar surface area (TPSA) is 122 Å². The van der Waals surface area contributed by atoms with E-state index in [0.717, 1.165) is 12.1 Å². The van der Waals surface area contributed by atoms with Crippen LogP contribution in [0, 0.1) is 0 Å². The van der Waals surface area contributed by atoms with Gasteiger partial charge in [0.15, 0.2) is 11.9 Å². The molecule has 0 radical (unpaired) electrons. The highest BCUT2D eigenvalue weighted by atomic mass is 32.2. The SMILES string of the molecule is NS(=O)(=O)OC[C@@H]1C[C@H](F)[C@H](n2cnc3c(CCc4ccccc4)ncnc32)O1. The number of fused-ring (bicyclic) bond motifs is 1. The summed E-state index contributed by atoms with van der Waals surface area (Å²) < 4.78 is 48.1. The van der Waals surface area contributed by atoms with E-state index in [0.29, 0.717) is 17.6 Å². The highest BCUT2D eigenvalue weighted by Crippen LogP contribution is 2.33. The average Bonchev–Trinajstić information content (AvgIpc) is 3.28. The number of alkyl halides is 1. The molecule has 0 bridgehead atoms. The third-order valence-electron chi connectivity index (χ3n) is 4.75. The van der Waals surface area contributed by atoms with Gasteiger partial charge in [-0.2, -0.15) is 8.42 Å². The Hall–Kier alpha value is -2.47. The summed E-state index contributed by atoms with van der Waals surface area (Å²) in [5, 5.41) is 4.81. The zero-order chi connectivity index (χ0) is 20.4. The predicted molar refractivity (Wildman–Crippen MR) is 102 cm³/mol. The molecule has 2 N–H and O–H groups in total. The predicted octanol–water partition coefficient (Wildman–Crippen LogP) is 1.46. The van der Waals surface area contributed by atoms with Gasteiger partial charge in [0.1, 0.15) is 18.0 Å². The minimum atomic E-state index is -4.11. The van der Waals surface area contributed by atoms with E-state index in [-0.39, 0.29) is 13.0 Å². The highest BCUT2D eigenvalue weighted by molar-refractivity contribution is 7.84. The smallest absolute Gasteiger partial charge is 0.333 e. The Kier molecular flexibility index (Phi) is 5.54. The molecule has 29 heavy (non-hydrogen) atoms. The minimum Gasteiger partial charge on any atom is -0.349 e. The quantitative estimate of drug-likeness (QED) is 0.613. The summed E-state index contributed by atoms with van der Waals surface area (Å²) >= 11 is 0. The van der Waals surface area contributed by atoms with Gasteiger partial charge in [-0.3, -0.25) is 8.75 Å². The molecule has 3 atom stereocenters. The average molecular weight is 421 g/mol. The number of aryl methyl sites for hydroxylation is 2. The van der Waals surface area contributed by atoms with E-state index in [1.54, 1.807) is 0 Å². The second-order valence-electron chi connectivity index (χ2n) is 6.81. The molecule has 0 aliphatic carbocycles. The van der Waals surface area contributed by atoms with Crippen LogP contribution in [0.25, 0.3) is 11.2 Å². The summed E-state index contributed by atoms with van der Waals surface area (Å²) in [6.07, 6.45) is 1.22. The number of benzene rings is 1. The highest BCUT2D eigenvalue weighted by Gasteiger charge is 2.38. The van der Waals surface area contributed by atoms with Crippen molar-refractivity contribution in [2.45, 2.75) is 37.8 Å². The molecule has 1 aliphatic rings. The van der Waals surface area contributed by atoms with Crippen LogP contribution in [0.2, 0.25) is 0 Å². The van der Waals surface area contributed by atoms with Crippen molar-refractivity contribution < 1.29 is 21.7 Å². The van der Waals surface area contributed by atoms with E-state index in [1.165, 1.54) is 22.8 Å². The first-order chi connectivity index (χ1) is 13.9. The summed E-state index contributed by atoms with van der Waals surface area (Å²) in [6, 6.07) is 10.0. The third-order valence-corrected chi connectivity index (χ3v) is 5.21. The Labute approximate surface area is 166 Å². The summed E-state index contributed by atoms with van der Waals surface area (Å²) in [4.78, 5) is 12.9. The van der Waals surface area contributed by atoms with Gasteiger partial charge in [-0.05, 0) is 18.4 Å². The van der Waals surface area contributed by atoms with E-state index in [1.807, 2.05) is 30.3 Å². The molecule has 9 nitrogen and oxygen atoms in total. The molecular formula is C18H20FN5O4S. The molecule has 2 aromatic heterocycles. The fraction of sp³-hybridized carbons (Fsp3) is 0.389. The number of hydrogen-bond donors (Lipinski definition) is 1. The molecule has 1 saturated heterocycles. The number of halogens is 1. The first-order valence-corrected chi connectivity index (χ1v) is 10.5. The maximum atomic E-state index is 14.6. The van der Waals surface area contributed by atoms with E-state index < -0.39 is 28.8 Å². The zero-order valence-corrected chi connectivity index (χ0v) is 16.2. The molecule has 0 spiro atoms. The van der Waals surface area contributed by atoms with Crippen LogP contribution in [0.3, 0.4) is 0 Å². The van der Waals surface area contributed by atoms with Gasteiger partial charge in [0.2, 0.25) is 0 Å². The Balaban J connectivity index is 1.51. The van der Waals surface area contributed by atoms with Gasteiger partial charge in [-0.25, -0.2) is 24.5 Å². The standard InChI is InChI=1S/C18H20FN5O4S/c19-14-8-13(9-27-29(20,25)26)28-18(14)24-11-23-16-15(21-10-22-17(16)24)7-6-12-4-2-1-3-5-12/h1-5,10-11,13-14,18H,6-9H2,(H2,20,25,26)/t13-,14-,18+/m0/s1. The van der Waals surface area contributed by atoms with Crippen LogP contribution in [-0.4, -0.2) is 46.8 Å². The van der Waals surface area contributed by atoms with Gasteiger partial charge in [-0.15, -0.1) is 0 Å². The molecule has 1 fully saturated rings. The second kappa shape index (κ2) is 8.11. The van der Waals surface area contributed by atoms with Gasteiger partial charge in [0, 0.05) is 6.42 Å². The van der Waals surface area contributed by atoms with E-state index in [9.17, 15) is 12.8 Å². The van der Waals surface area contributed by atoms with Crippen LogP contribution in [0.15, 0.2) is 43.0 Å². The summed E-state index contributed by atoms with van der Waals surface area (Å²) in [6.45, 7) is -0.348. The molecule has 1 aliphatic heterocycles. The van der Waals surface area contributed by atoms with Crippen molar-refractivity contribution in [3.05, 3.63) is 54.2 Å². The number of nitrogens with two attached hydrogens (primary N) is 1. The largest absolute Gasteiger partial charge is 0.349 e. The Bertz CT molecular complexity index is 1090. The van der Waals surface area contributed by atoms with Crippen molar-refractivity contribution in [1.29, 1.82) is 0 Å². The van der Waals surface area contributed by atoms with Crippen LogP contribution in [0.1, 0.15) is 23.9 Å². The second-order valence-corrected chi connectivity index (χ2v) is 8.03. The van der Waals surface area contributed by atoms with Crippen LogP contribution >= 0.6 is 0 Å². The summed E-state index contributed by atoms with van der Waals surface area (Å²) in [7, 11) is -4.11. The molecule has 3 heterocycles. The van der Waals surface area contributed by atoms with Crippen molar-refractivity contribution in [3.63, 3.8) is 0 Å².